The summed E-state index contributed by atoms with van der Waals surface area (Å²) >= 11 is 0. The molecule has 2 aromatic heterocycles. The molecule has 4 rings (SSSR count). The number of halogens is 2. The third-order valence-corrected chi connectivity index (χ3v) is 5.25. The molecule has 0 spiro atoms. The summed E-state index contributed by atoms with van der Waals surface area (Å²) in [5.41, 5.74) is 0.950. The van der Waals surface area contributed by atoms with Gasteiger partial charge < -0.3 is 9.80 Å². The van der Waals surface area contributed by atoms with E-state index in [1.54, 1.807) is 28.0 Å². The Balaban J connectivity index is 1.38. The fourth-order valence-electron chi connectivity index (χ4n) is 3.74. The van der Waals surface area contributed by atoms with Crippen molar-refractivity contribution in [2.45, 2.75) is 31.6 Å². The van der Waals surface area contributed by atoms with E-state index in [0.717, 1.165) is 37.3 Å². The molecule has 0 saturated carbocycles. The first-order valence-corrected chi connectivity index (χ1v) is 8.73. The number of alkyl halides is 2. The molecule has 0 N–H and O–H groups in total. The Bertz CT molecular complexity index is 759. The van der Waals surface area contributed by atoms with Crippen molar-refractivity contribution in [1.82, 2.24) is 19.5 Å². The van der Waals surface area contributed by atoms with Gasteiger partial charge in [0.2, 0.25) is 5.91 Å². The van der Waals surface area contributed by atoms with Crippen molar-refractivity contribution in [3.8, 4) is 0 Å². The second-order valence-corrected chi connectivity index (χ2v) is 6.85. The molecular formula is C17H21F2N5O. The lowest BCUT2D eigenvalue weighted by Gasteiger charge is -2.37. The molecule has 2 aliphatic heterocycles. The lowest BCUT2D eigenvalue weighted by molar-refractivity contribution is -0.142. The zero-order valence-electron chi connectivity index (χ0n) is 13.9. The number of aromatic nitrogens is 3. The van der Waals surface area contributed by atoms with Crippen LogP contribution in [0, 0.1) is 5.92 Å². The van der Waals surface area contributed by atoms with Gasteiger partial charge in [0, 0.05) is 57.3 Å². The predicted octanol–water partition coefficient (Wildman–Crippen LogP) is 2.20. The largest absolute Gasteiger partial charge is 0.355 e. The van der Waals surface area contributed by atoms with Gasteiger partial charge in [0.1, 0.15) is 5.52 Å². The van der Waals surface area contributed by atoms with Crippen LogP contribution < -0.4 is 4.90 Å². The molecule has 0 aliphatic carbocycles. The Morgan fingerprint density at radius 1 is 1.12 bits per heavy atom. The Morgan fingerprint density at radius 3 is 2.56 bits per heavy atom. The van der Waals surface area contributed by atoms with E-state index < -0.39 is 5.92 Å². The molecule has 0 unspecified atom stereocenters. The van der Waals surface area contributed by atoms with Gasteiger partial charge in [-0.15, -0.1) is 0 Å². The summed E-state index contributed by atoms with van der Waals surface area (Å²) in [5, 5.41) is 4.22. The minimum absolute atomic E-state index is 0.0330. The molecule has 134 valence electrons. The maximum atomic E-state index is 13.3. The summed E-state index contributed by atoms with van der Waals surface area (Å²) in [6.07, 6.45) is 6.28. The minimum atomic E-state index is -2.62. The predicted molar refractivity (Wildman–Crippen MR) is 88.7 cm³/mol. The quantitative estimate of drug-likeness (QED) is 0.834. The third-order valence-electron chi connectivity index (χ3n) is 5.25. The van der Waals surface area contributed by atoms with E-state index in [1.165, 1.54) is 0 Å². The molecule has 8 heteroatoms. The topological polar surface area (TPSA) is 53.7 Å². The first kappa shape index (κ1) is 16.2. The number of rotatable bonds is 2. The van der Waals surface area contributed by atoms with Gasteiger partial charge in [-0.2, -0.15) is 5.10 Å². The molecular weight excluding hydrogens is 328 g/mol. The van der Waals surface area contributed by atoms with Crippen LogP contribution in [0.15, 0.2) is 24.7 Å². The maximum absolute atomic E-state index is 13.3. The monoisotopic (exact) mass is 349 g/mol. The molecule has 4 heterocycles. The highest BCUT2D eigenvalue weighted by atomic mass is 19.3. The highest BCUT2D eigenvalue weighted by molar-refractivity contribution is 5.79. The number of nitrogens with zero attached hydrogens (tertiary/aromatic N) is 5. The van der Waals surface area contributed by atoms with Gasteiger partial charge in [-0.05, 0) is 18.9 Å². The number of hydrogen-bond acceptors (Lipinski definition) is 4. The van der Waals surface area contributed by atoms with Crippen LogP contribution >= 0.6 is 0 Å². The van der Waals surface area contributed by atoms with E-state index >= 15 is 0 Å². The summed E-state index contributed by atoms with van der Waals surface area (Å²) in [4.78, 5) is 20.9. The zero-order valence-corrected chi connectivity index (χ0v) is 13.9. The molecule has 2 aliphatic rings. The van der Waals surface area contributed by atoms with E-state index in [4.69, 9.17) is 0 Å². The number of fused-ring (bicyclic) bond motifs is 1. The van der Waals surface area contributed by atoms with Gasteiger partial charge in [0.25, 0.3) is 5.92 Å². The van der Waals surface area contributed by atoms with Crippen molar-refractivity contribution in [2.24, 2.45) is 5.92 Å². The number of amides is 1. The van der Waals surface area contributed by atoms with Crippen molar-refractivity contribution < 1.29 is 13.6 Å². The van der Waals surface area contributed by atoms with E-state index in [9.17, 15) is 13.6 Å². The summed E-state index contributed by atoms with van der Waals surface area (Å²) < 4.78 is 28.3. The molecule has 25 heavy (non-hydrogen) atoms. The van der Waals surface area contributed by atoms with Gasteiger partial charge in [0.15, 0.2) is 5.82 Å². The lowest BCUT2D eigenvalue weighted by atomic mass is 9.94. The Morgan fingerprint density at radius 2 is 1.84 bits per heavy atom. The molecule has 2 saturated heterocycles. The second-order valence-electron chi connectivity index (χ2n) is 6.85. The second kappa shape index (κ2) is 6.24. The van der Waals surface area contributed by atoms with Gasteiger partial charge in [-0.25, -0.2) is 18.3 Å². The van der Waals surface area contributed by atoms with Crippen molar-refractivity contribution in [3.05, 3.63) is 24.7 Å². The van der Waals surface area contributed by atoms with Crippen LogP contribution in [-0.4, -0.2) is 57.5 Å². The molecule has 2 fully saturated rings. The number of carbonyl (C=O) groups is 1. The highest BCUT2D eigenvalue weighted by Gasteiger charge is 2.38. The van der Waals surface area contributed by atoms with Gasteiger partial charge in [-0.1, -0.05) is 0 Å². The molecule has 0 aromatic carbocycles. The van der Waals surface area contributed by atoms with Crippen molar-refractivity contribution in [3.63, 3.8) is 0 Å². The Hall–Kier alpha value is -2.25. The van der Waals surface area contributed by atoms with Gasteiger partial charge in [0.05, 0.1) is 6.20 Å². The first-order chi connectivity index (χ1) is 12.0. The van der Waals surface area contributed by atoms with E-state index in [2.05, 4.69) is 15.0 Å². The summed E-state index contributed by atoms with van der Waals surface area (Å²) in [5.74, 6) is -1.78. The van der Waals surface area contributed by atoms with Crippen LogP contribution in [0.3, 0.4) is 0 Å². The SMILES string of the molecule is O=C(C1CCN(c2nccn3nccc23)CC1)N1CCC(F)(F)CC1. The van der Waals surface area contributed by atoms with Crippen LogP contribution in [0.4, 0.5) is 14.6 Å². The number of likely N-dealkylation sites (tertiary alicyclic amines) is 1. The maximum Gasteiger partial charge on any atom is 0.251 e. The fourth-order valence-corrected chi connectivity index (χ4v) is 3.74. The van der Waals surface area contributed by atoms with Crippen LogP contribution in [0.25, 0.3) is 5.52 Å². The van der Waals surface area contributed by atoms with E-state index in [0.29, 0.717) is 0 Å². The standard InChI is InChI=1S/C17H21F2N5O/c18-17(19)4-10-23(11-5-17)16(25)13-2-8-22(9-3-13)15-14-1-6-21-24(14)12-7-20-15/h1,6-7,12-13H,2-5,8-11H2. The number of hydrogen-bond donors (Lipinski definition) is 0. The number of piperidine rings is 2. The number of carbonyl (C=O) groups excluding carboxylic acids is 1. The summed E-state index contributed by atoms with van der Waals surface area (Å²) in [6.45, 7) is 1.81. The van der Waals surface area contributed by atoms with E-state index in [1.807, 2.05) is 6.07 Å². The third kappa shape index (κ3) is 3.17. The summed E-state index contributed by atoms with van der Waals surface area (Å²) in [6, 6.07) is 1.92. The van der Waals surface area contributed by atoms with Crippen molar-refractivity contribution in [2.75, 3.05) is 31.1 Å². The summed E-state index contributed by atoms with van der Waals surface area (Å²) in [7, 11) is 0. The average Bonchev–Trinajstić information content (AvgIpc) is 3.10. The minimum Gasteiger partial charge on any atom is -0.355 e. The molecule has 0 radical (unpaired) electrons. The molecule has 6 nitrogen and oxygen atoms in total. The normalized spacial score (nSPS) is 21.7. The lowest BCUT2D eigenvalue weighted by Crippen LogP contribution is -2.47. The Kier molecular flexibility index (Phi) is 4.05. The fraction of sp³-hybridized carbons (Fsp3) is 0.588. The molecule has 0 bridgehead atoms. The highest BCUT2D eigenvalue weighted by Crippen LogP contribution is 2.30. The van der Waals surface area contributed by atoms with Gasteiger partial charge in [-0.3, -0.25) is 4.79 Å². The van der Waals surface area contributed by atoms with Crippen LogP contribution in [-0.2, 0) is 4.79 Å². The van der Waals surface area contributed by atoms with Crippen molar-refractivity contribution >= 4 is 17.2 Å². The van der Waals surface area contributed by atoms with Gasteiger partial charge >= 0.3 is 0 Å². The van der Waals surface area contributed by atoms with Crippen LogP contribution in [0.5, 0.6) is 0 Å². The smallest absolute Gasteiger partial charge is 0.251 e. The van der Waals surface area contributed by atoms with Crippen LogP contribution in [0.2, 0.25) is 0 Å². The zero-order chi connectivity index (χ0) is 17.4. The Labute approximate surface area is 144 Å². The first-order valence-electron chi connectivity index (χ1n) is 8.73. The van der Waals surface area contributed by atoms with Crippen molar-refractivity contribution in [1.29, 1.82) is 0 Å². The molecule has 1 amide bonds. The molecule has 2 aromatic rings. The number of anilines is 1. The average molecular weight is 349 g/mol. The molecule has 0 atom stereocenters. The van der Waals surface area contributed by atoms with Crippen LogP contribution in [0.1, 0.15) is 25.7 Å². The van der Waals surface area contributed by atoms with E-state index in [-0.39, 0.29) is 37.8 Å².